The van der Waals surface area contributed by atoms with Crippen LogP contribution in [0.25, 0.3) is 5.65 Å². The Bertz CT molecular complexity index is 822. The molecule has 0 aromatic carbocycles. The first-order valence-corrected chi connectivity index (χ1v) is 9.08. The minimum Gasteiger partial charge on any atom is -0.352 e. The summed E-state index contributed by atoms with van der Waals surface area (Å²) in [5.74, 6) is -0.00360. The Kier molecular flexibility index (Phi) is 3.64. The monoisotopic (exact) mass is 322 g/mol. The van der Waals surface area contributed by atoms with Crippen molar-refractivity contribution in [2.75, 3.05) is 12.8 Å². The zero-order valence-corrected chi connectivity index (χ0v) is 13.3. The predicted molar refractivity (Wildman–Crippen MR) is 81.4 cm³/mol. The Morgan fingerprint density at radius 2 is 2.18 bits per heavy atom. The van der Waals surface area contributed by atoms with E-state index in [0.29, 0.717) is 30.6 Å². The molecule has 0 atom stereocenters. The van der Waals surface area contributed by atoms with Crippen LogP contribution in [-0.2, 0) is 9.84 Å². The third-order valence-electron chi connectivity index (χ3n) is 4.10. The molecule has 2 aromatic rings. The number of carbonyl (C=O) groups is 1. The number of amides is 1. The summed E-state index contributed by atoms with van der Waals surface area (Å²) < 4.78 is 24.3. The first-order valence-electron chi connectivity index (χ1n) is 7.12. The second kappa shape index (κ2) is 5.35. The molecular formula is C14H18N4O3S. The van der Waals surface area contributed by atoms with E-state index in [4.69, 9.17) is 0 Å². The van der Waals surface area contributed by atoms with Crippen LogP contribution in [-0.4, -0.2) is 47.0 Å². The fourth-order valence-electron chi connectivity index (χ4n) is 2.64. The number of rotatable bonds is 4. The smallest absolute Gasteiger partial charge is 0.256 e. The van der Waals surface area contributed by atoms with E-state index in [1.54, 1.807) is 10.7 Å². The minimum absolute atomic E-state index is 0.222. The third kappa shape index (κ3) is 2.83. The van der Waals surface area contributed by atoms with Crippen LogP contribution >= 0.6 is 0 Å². The standard InChI is InChI=1S/C14H18N4O3S/c1-9-3-4-18-13(17-9)12(8-16-18)14(19)15-7-10-5-11(6-10)22(2,20)21/h3-4,8,10-11H,5-7H2,1-2H3,(H,15,19). The van der Waals surface area contributed by atoms with E-state index < -0.39 is 9.84 Å². The lowest BCUT2D eigenvalue weighted by Crippen LogP contribution is -2.41. The van der Waals surface area contributed by atoms with Gasteiger partial charge in [-0.1, -0.05) is 0 Å². The topological polar surface area (TPSA) is 93.4 Å². The van der Waals surface area contributed by atoms with E-state index in [9.17, 15) is 13.2 Å². The van der Waals surface area contributed by atoms with E-state index in [0.717, 1.165) is 5.69 Å². The second-order valence-corrected chi connectivity index (χ2v) is 8.22. The van der Waals surface area contributed by atoms with Gasteiger partial charge in [0, 0.05) is 24.7 Å². The number of fused-ring (bicyclic) bond motifs is 1. The van der Waals surface area contributed by atoms with Gasteiger partial charge in [0.05, 0.1) is 11.4 Å². The van der Waals surface area contributed by atoms with Crippen LogP contribution in [0, 0.1) is 12.8 Å². The maximum absolute atomic E-state index is 12.2. The Labute approximate surface area is 128 Å². The molecule has 0 bridgehead atoms. The Morgan fingerprint density at radius 3 is 2.86 bits per heavy atom. The van der Waals surface area contributed by atoms with Gasteiger partial charge in [-0.15, -0.1) is 0 Å². The average molecular weight is 322 g/mol. The fraction of sp³-hybridized carbons (Fsp3) is 0.500. The molecule has 1 aliphatic carbocycles. The van der Waals surface area contributed by atoms with Crippen LogP contribution in [0.3, 0.4) is 0 Å². The highest BCUT2D eigenvalue weighted by atomic mass is 32.2. The van der Waals surface area contributed by atoms with Crippen LogP contribution < -0.4 is 5.32 Å². The predicted octanol–water partition coefficient (Wildman–Crippen LogP) is 0.591. The third-order valence-corrected chi connectivity index (χ3v) is 5.70. The number of carbonyl (C=O) groups excluding carboxylic acids is 1. The molecule has 8 heteroatoms. The molecule has 118 valence electrons. The van der Waals surface area contributed by atoms with Crippen LogP contribution in [0.1, 0.15) is 28.9 Å². The first kappa shape index (κ1) is 15.0. The van der Waals surface area contributed by atoms with Crippen LogP contribution in [0.4, 0.5) is 0 Å². The molecule has 0 saturated heterocycles. The largest absolute Gasteiger partial charge is 0.352 e. The van der Waals surface area contributed by atoms with Gasteiger partial charge in [-0.05, 0) is 31.7 Å². The molecule has 3 rings (SSSR count). The average Bonchev–Trinajstić information content (AvgIpc) is 2.77. The van der Waals surface area contributed by atoms with Gasteiger partial charge in [-0.3, -0.25) is 4.79 Å². The van der Waals surface area contributed by atoms with Gasteiger partial charge in [0.25, 0.3) is 5.91 Å². The summed E-state index contributed by atoms with van der Waals surface area (Å²) in [4.78, 5) is 16.6. The van der Waals surface area contributed by atoms with Crippen molar-refractivity contribution in [3.8, 4) is 0 Å². The van der Waals surface area contributed by atoms with Gasteiger partial charge >= 0.3 is 0 Å². The van der Waals surface area contributed by atoms with Crippen molar-refractivity contribution in [2.45, 2.75) is 25.0 Å². The van der Waals surface area contributed by atoms with E-state index in [-0.39, 0.29) is 17.1 Å². The Morgan fingerprint density at radius 1 is 1.45 bits per heavy atom. The zero-order valence-electron chi connectivity index (χ0n) is 12.5. The summed E-state index contributed by atoms with van der Waals surface area (Å²) in [5.41, 5.74) is 1.78. The molecule has 0 unspecified atom stereocenters. The van der Waals surface area contributed by atoms with E-state index in [2.05, 4.69) is 15.4 Å². The lowest BCUT2D eigenvalue weighted by molar-refractivity contribution is 0.0941. The number of sulfone groups is 1. The number of hydrogen-bond donors (Lipinski definition) is 1. The first-order chi connectivity index (χ1) is 10.3. The quantitative estimate of drug-likeness (QED) is 0.889. The summed E-state index contributed by atoms with van der Waals surface area (Å²) in [6, 6.07) is 1.82. The minimum atomic E-state index is -2.95. The lowest BCUT2D eigenvalue weighted by atomic mass is 9.85. The van der Waals surface area contributed by atoms with Gasteiger partial charge in [0.15, 0.2) is 5.65 Å². The molecule has 1 fully saturated rings. The van der Waals surface area contributed by atoms with Crippen molar-refractivity contribution in [1.82, 2.24) is 19.9 Å². The summed E-state index contributed by atoms with van der Waals surface area (Å²) in [5, 5.41) is 6.69. The van der Waals surface area contributed by atoms with Gasteiger partial charge in [0.1, 0.15) is 15.4 Å². The number of aryl methyl sites for hydroxylation is 1. The molecule has 0 radical (unpaired) electrons. The molecule has 1 saturated carbocycles. The van der Waals surface area contributed by atoms with Crippen molar-refractivity contribution in [2.24, 2.45) is 5.92 Å². The highest BCUT2D eigenvalue weighted by molar-refractivity contribution is 7.91. The van der Waals surface area contributed by atoms with Crippen molar-refractivity contribution in [3.63, 3.8) is 0 Å². The van der Waals surface area contributed by atoms with Crippen LogP contribution in [0.5, 0.6) is 0 Å². The van der Waals surface area contributed by atoms with Gasteiger partial charge in [0.2, 0.25) is 0 Å². The second-order valence-electron chi connectivity index (χ2n) is 5.89. The number of aromatic nitrogens is 3. The molecule has 0 spiro atoms. The highest BCUT2D eigenvalue weighted by Crippen LogP contribution is 2.32. The maximum atomic E-state index is 12.2. The van der Waals surface area contributed by atoms with Gasteiger partial charge < -0.3 is 5.32 Å². The normalized spacial score (nSPS) is 21.5. The van der Waals surface area contributed by atoms with E-state index >= 15 is 0 Å². The van der Waals surface area contributed by atoms with Crippen LogP contribution in [0.15, 0.2) is 18.5 Å². The van der Waals surface area contributed by atoms with E-state index in [1.165, 1.54) is 12.5 Å². The van der Waals surface area contributed by atoms with Crippen molar-refractivity contribution < 1.29 is 13.2 Å². The van der Waals surface area contributed by atoms with Crippen LogP contribution in [0.2, 0.25) is 0 Å². The van der Waals surface area contributed by atoms with Crippen molar-refractivity contribution in [3.05, 3.63) is 29.7 Å². The molecule has 2 heterocycles. The summed E-state index contributed by atoms with van der Waals surface area (Å²) in [6.45, 7) is 2.34. The SMILES string of the molecule is Cc1ccn2ncc(C(=O)NCC3CC(S(C)(=O)=O)C3)c2n1. The summed E-state index contributed by atoms with van der Waals surface area (Å²) >= 11 is 0. The Balaban J connectivity index is 1.62. The molecule has 2 aromatic heterocycles. The molecule has 1 N–H and O–H groups in total. The van der Waals surface area contributed by atoms with E-state index in [1.807, 2.05) is 13.0 Å². The lowest BCUT2D eigenvalue weighted by Gasteiger charge is -2.33. The van der Waals surface area contributed by atoms with Gasteiger partial charge in [-0.2, -0.15) is 5.10 Å². The molecular weight excluding hydrogens is 304 g/mol. The number of nitrogens with one attached hydrogen (secondary N) is 1. The van der Waals surface area contributed by atoms with Crippen molar-refractivity contribution in [1.29, 1.82) is 0 Å². The molecule has 7 nitrogen and oxygen atoms in total. The number of hydrogen-bond acceptors (Lipinski definition) is 5. The molecule has 22 heavy (non-hydrogen) atoms. The number of nitrogens with zero attached hydrogens (tertiary/aromatic N) is 3. The molecule has 1 amide bonds. The summed E-state index contributed by atoms with van der Waals surface area (Å²) in [7, 11) is -2.95. The van der Waals surface area contributed by atoms with Gasteiger partial charge in [-0.25, -0.2) is 17.9 Å². The Hall–Kier alpha value is -1.96. The maximum Gasteiger partial charge on any atom is 0.256 e. The fourth-order valence-corrected chi connectivity index (χ4v) is 3.89. The van der Waals surface area contributed by atoms with Crippen molar-refractivity contribution >= 4 is 21.4 Å². The summed E-state index contributed by atoms with van der Waals surface area (Å²) in [6.07, 6.45) is 5.75. The zero-order chi connectivity index (χ0) is 15.9. The highest BCUT2D eigenvalue weighted by Gasteiger charge is 2.36. The molecule has 1 aliphatic rings. The molecule has 0 aliphatic heterocycles.